The van der Waals surface area contributed by atoms with Crippen molar-refractivity contribution < 1.29 is 15.1 Å². The summed E-state index contributed by atoms with van der Waals surface area (Å²) in [5.74, 6) is 0.0293. The average Bonchev–Trinajstić information content (AvgIpc) is 2.39. The van der Waals surface area contributed by atoms with Gasteiger partial charge in [0.15, 0.2) is 0 Å². The van der Waals surface area contributed by atoms with Crippen molar-refractivity contribution in [2.24, 2.45) is 0 Å². The van der Waals surface area contributed by atoms with Gasteiger partial charge in [0.1, 0.15) is 12.3 Å². The second-order valence-electron chi connectivity index (χ2n) is 3.24. The first kappa shape index (κ1) is 8.47. The van der Waals surface area contributed by atoms with Crippen LogP contribution in [0, 0.1) is 10.1 Å². The van der Waals surface area contributed by atoms with Gasteiger partial charge in [-0.3, -0.25) is 10.1 Å². The smallest absolute Gasteiger partial charge is 0.269 e. The molecule has 0 atom stereocenters. The largest absolute Gasteiger partial charge is 0.492 e. The Labute approximate surface area is 107 Å². The molecule has 0 saturated heterocycles. The molecule has 0 saturated carbocycles. The maximum absolute atomic E-state index is 10.5. The lowest BCUT2D eigenvalue weighted by Crippen LogP contribution is -2.27. The highest BCUT2D eigenvalue weighted by Crippen LogP contribution is 2.17. The van der Waals surface area contributed by atoms with Crippen molar-refractivity contribution in [1.29, 1.82) is 0 Å². The SMILES string of the molecule is [2H]C([2H])(Oc1ccc([N+](=O)[O-])cc1)C([2H])([2H])N(CC)CC. The fourth-order valence-corrected chi connectivity index (χ4v) is 1.16. The molecule has 5 nitrogen and oxygen atoms in total. The number of non-ortho nitro benzene ring substituents is 1. The average molecular weight is 242 g/mol. The molecule has 0 unspecified atom stereocenters. The molecule has 1 rings (SSSR count). The molecule has 1 aromatic rings. The Balaban J connectivity index is 2.95. The quantitative estimate of drug-likeness (QED) is 0.544. The maximum Gasteiger partial charge on any atom is 0.269 e. The van der Waals surface area contributed by atoms with Crippen LogP contribution < -0.4 is 4.74 Å². The van der Waals surface area contributed by atoms with Crippen molar-refractivity contribution in [3.63, 3.8) is 0 Å². The van der Waals surface area contributed by atoms with E-state index in [1.807, 2.05) is 0 Å². The molecular weight excluding hydrogens is 220 g/mol. The number of benzene rings is 1. The Kier molecular flexibility index (Phi) is 3.41. The highest BCUT2D eigenvalue weighted by atomic mass is 16.6. The third-order valence-electron chi connectivity index (χ3n) is 2.18. The molecular formula is C12H18N2O3. The van der Waals surface area contributed by atoms with Crippen LogP contribution in [0.15, 0.2) is 24.3 Å². The molecule has 0 fully saturated rings. The molecule has 0 aliphatic heterocycles. The van der Waals surface area contributed by atoms with E-state index >= 15 is 0 Å². The van der Waals surface area contributed by atoms with Crippen LogP contribution in [0.4, 0.5) is 5.69 Å². The van der Waals surface area contributed by atoms with E-state index < -0.39 is 18.0 Å². The van der Waals surface area contributed by atoms with Gasteiger partial charge in [0.2, 0.25) is 0 Å². The standard InChI is InChI=1S/C12H18N2O3/c1-3-13(4-2)9-10-17-12-7-5-11(6-8-12)14(15)16/h5-8H,3-4,9-10H2,1-2H3/i9D2,10D2. The van der Waals surface area contributed by atoms with Crippen molar-refractivity contribution in [3.05, 3.63) is 34.4 Å². The van der Waals surface area contributed by atoms with Crippen molar-refractivity contribution in [2.45, 2.75) is 13.8 Å². The Morgan fingerprint density at radius 3 is 2.41 bits per heavy atom. The number of nitrogens with zero attached hydrogens (tertiary/aromatic N) is 2. The van der Waals surface area contributed by atoms with Crippen LogP contribution in [0.1, 0.15) is 19.3 Å². The second-order valence-corrected chi connectivity index (χ2v) is 3.24. The van der Waals surface area contributed by atoms with Gasteiger partial charge in [-0.25, -0.2) is 0 Å². The topological polar surface area (TPSA) is 55.6 Å². The molecule has 94 valence electrons. The normalized spacial score (nSPS) is 15.7. The van der Waals surface area contributed by atoms with Crippen molar-refractivity contribution >= 4 is 5.69 Å². The lowest BCUT2D eigenvalue weighted by Gasteiger charge is -2.17. The molecule has 0 N–H and O–H groups in total. The number of ether oxygens (including phenoxy) is 1. The molecule has 0 amide bonds. The van der Waals surface area contributed by atoms with Gasteiger partial charge in [-0.05, 0) is 25.2 Å². The monoisotopic (exact) mass is 242 g/mol. The molecule has 17 heavy (non-hydrogen) atoms. The third kappa shape index (κ3) is 4.40. The predicted octanol–water partition coefficient (Wildman–Crippen LogP) is 2.32. The summed E-state index contributed by atoms with van der Waals surface area (Å²) < 4.78 is 36.6. The molecule has 5 heteroatoms. The maximum atomic E-state index is 10.5. The number of hydrogen-bond acceptors (Lipinski definition) is 4. The summed E-state index contributed by atoms with van der Waals surface area (Å²) >= 11 is 0. The van der Waals surface area contributed by atoms with Gasteiger partial charge in [0, 0.05) is 21.4 Å². The third-order valence-corrected chi connectivity index (χ3v) is 2.18. The van der Waals surface area contributed by atoms with E-state index in [0.717, 1.165) is 0 Å². The second kappa shape index (κ2) is 6.85. The number of likely N-dealkylation sites (N-methyl/N-ethyl adjacent to an activating group) is 1. The zero-order valence-electron chi connectivity index (χ0n) is 13.8. The molecule has 0 bridgehead atoms. The molecule has 0 heterocycles. The lowest BCUT2D eigenvalue weighted by molar-refractivity contribution is -0.384. The van der Waals surface area contributed by atoms with E-state index in [1.54, 1.807) is 13.8 Å². The molecule has 1 aromatic carbocycles. The van der Waals surface area contributed by atoms with Gasteiger partial charge in [0.25, 0.3) is 5.69 Å². The minimum Gasteiger partial charge on any atom is -0.492 e. The number of nitro benzene ring substituents is 1. The Bertz CT molecular complexity index is 490. The fraction of sp³-hybridized carbons (Fsp3) is 0.500. The zero-order valence-corrected chi connectivity index (χ0v) is 9.84. The van der Waals surface area contributed by atoms with E-state index in [2.05, 4.69) is 0 Å². The number of hydrogen-bond donors (Lipinski definition) is 0. The molecule has 0 radical (unpaired) electrons. The van der Waals surface area contributed by atoms with Gasteiger partial charge < -0.3 is 9.64 Å². The van der Waals surface area contributed by atoms with Crippen molar-refractivity contribution in [2.75, 3.05) is 26.1 Å². The highest BCUT2D eigenvalue weighted by molar-refractivity contribution is 5.35. The van der Waals surface area contributed by atoms with Gasteiger partial charge in [-0.2, -0.15) is 0 Å². The number of nitro groups is 1. The first-order chi connectivity index (χ1) is 9.65. The van der Waals surface area contributed by atoms with Gasteiger partial charge in [-0.15, -0.1) is 0 Å². The van der Waals surface area contributed by atoms with E-state index in [0.29, 0.717) is 13.1 Å². The Hall–Kier alpha value is -1.62. The minimum atomic E-state index is -2.60. The summed E-state index contributed by atoms with van der Waals surface area (Å²) in [6, 6.07) is 4.85. The summed E-state index contributed by atoms with van der Waals surface area (Å²) in [5.41, 5.74) is -0.144. The first-order valence-electron chi connectivity index (χ1n) is 7.34. The van der Waals surface area contributed by atoms with E-state index in [4.69, 9.17) is 10.2 Å². The Morgan fingerprint density at radius 2 is 1.94 bits per heavy atom. The summed E-state index contributed by atoms with van der Waals surface area (Å²) in [7, 11) is 0. The molecule has 0 aromatic heterocycles. The van der Waals surface area contributed by atoms with E-state index in [9.17, 15) is 10.1 Å². The van der Waals surface area contributed by atoms with Crippen molar-refractivity contribution in [3.8, 4) is 5.75 Å². The fourth-order valence-electron chi connectivity index (χ4n) is 1.16. The zero-order chi connectivity index (χ0) is 16.3. The van der Waals surface area contributed by atoms with Crippen LogP contribution in [0.25, 0.3) is 0 Å². The summed E-state index contributed by atoms with van der Waals surface area (Å²) in [6.07, 6.45) is 0. The Morgan fingerprint density at radius 1 is 1.35 bits per heavy atom. The summed E-state index contributed by atoms with van der Waals surface area (Å²) in [6.45, 7) is -0.834. The van der Waals surface area contributed by atoms with Crippen LogP contribution in [-0.2, 0) is 0 Å². The summed E-state index contributed by atoms with van der Waals surface area (Å²) in [4.78, 5) is 11.3. The van der Waals surface area contributed by atoms with Crippen LogP contribution >= 0.6 is 0 Å². The van der Waals surface area contributed by atoms with Crippen LogP contribution in [-0.4, -0.2) is 36.0 Å². The first-order valence-corrected chi connectivity index (χ1v) is 5.34. The highest BCUT2D eigenvalue weighted by Gasteiger charge is 2.04. The van der Waals surface area contributed by atoms with Crippen LogP contribution in [0.3, 0.4) is 0 Å². The van der Waals surface area contributed by atoms with E-state index in [1.165, 1.54) is 29.2 Å². The lowest BCUT2D eigenvalue weighted by atomic mass is 10.3. The van der Waals surface area contributed by atoms with Gasteiger partial charge >= 0.3 is 0 Å². The summed E-state index contributed by atoms with van der Waals surface area (Å²) in [5, 5.41) is 10.5. The molecule has 0 aliphatic rings. The van der Waals surface area contributed by atoms with Crippen LogP contribution in [0.2, 0.25) is 0 Å². The minimum absolute atomic E-state index is 0.0293. The van der Waals surface area contributed by atoms with Gasteiger partial charge in [0.05, 0.1) is 7.66 Å². The predicted molar refractivity (Wildman–Crippen MR) is 66.4 cm³/mol. The van der Waals surface area contributed by atoms with Crippen LogP contribution in [0.5, 0.6) is 5.75 Å². The molecule has 0 spiro atoms. The van der Waals surface area contributed by atoms with Crippen molar-refractivity contribution in [1.82, 2.24) is 4.90 Å². The van der Waals surface area contributed by atoms with Gasteiger partial charge in [-0.1, -0.05) is 13.8 Å². The molecule has 0 aliphatic carbocycles. The van der Waals surface area contributed by atoms with E-state index in [-0.39, 0.29) is 11.4 Å². The number of rotatable bonds is 7.